The first-order chi connectivity index (χ1) is 5.11. The first-order valence-corrected chi connectivity index (χ1v) is 4.57. The topological polar surface area (TPSA) is 29.3 Å². The van der Waals surface area contributed by atoms with Crippen molar-refractivity contribution in [2.24, 2.45) is 11.7 Å². The molecule has 1 fully saturated rings. The van der Waals surface area contributed by atoms with Gasteiger partial charge in [-0.25, -0.2) is 0 Å². The molecule has 1 rings (SSSR count). The minimum absolute atomic E-state index is 0.419. The molecule has 0 bridgehead atoms. The highest BCUT2D eigenvalue weighted by molar-refractivity contribution is 4.88. The van der Waals surface area contributed by atoms with Gasteiger partial charge in [0.15, 0.2) is 0 Å². The molecule has 2 N–H and O–H groups in total. The van der Waals surface area contributed by atoms with Crippen LogP contribution in [0, 0.1) is 5.92 Å². The van der Waals surface area contributed by atoms with E-state index in [1.807, 2.05) is 0 Å². The number of nitrogens with zero attached hydrogens (tertiary/aromatic N) is 1. The van der Waals surface area contributed by atoms with Crippen molar-refractivity contribution in [3.05, 3.63) is 0 Å². The Kier molecular flexibility index (Phi) is 2.90. The first kappa shape index (κ1) is 9.01. The maximum Gasteiger partial charge on any atom is 0.0247 e. The van der Waals surface area contributed by atoms with Crippen LogP contribution in [0.5, 0.6) is 0 Å². The summed E-state index contributed by atoms with van der Waals surface area (Å²) in [4.78, 5) is 2.39. The van der Waals surface area contributed by atoms with E-state index < -0.39 is 0 Å². The van der Waals surface area contributed by atoms with E-state index in [0.29, 0.717) is 12.1 Å². The fourth-order valence-corrected chi connectivity index (χ4v) is 1.88. The number of hydrogen-bond donors (Lipinski definition) is 1. The highest BCUT2D eigenvalue weighted by atomic mass is 15.2. The molecule has 0 spiro atoms. The van der Waals surface area contributed by atoms with Gasteiger partial charge in [0, 0.05) is 12.1 Å². The van der Waals surface area contributed by atoms with Crippen LogP contribution in [0.15, 0.2) is 0 Å². The summed E-state index contributed by atoms with van der Waals surface area (Å²) in [7, 11) is 2.18. The van der Waals surface area contributed by atoms with Gasteiger partial charge in [0.05, 0.1) is 0 Å². The molecule has 66 valence electrons. The molecule has 2 heteroatoms. The lowest BCUT2D eigenvalue weighted by atomic mass is 9.99. The molecule has 2 atom stereocenters. The largest absolute Gasteiger partial charge is 0.326 e. The highest BCUT2D eigenvalue weighted by Gasteiger charge is 2.28. The van der Waals surface area contributed by atoms with E-state index >= 15 is 0 Å². The van der Waals surface area contributed by atoms with Crippen LogP contribution in [0.2, 0.25) is 0 Å². The molecule has 2 nitrogen and oxygen atoms in total. The molecule has 1 aliphatic heterocycles. The third-order valence-corrected chi connectivity index (χ3v) is 2.59. The minimum Gasteiger partial charge on any atom is -0.326 e. The molecule has 1 saturated heterocycles. The van der Waals surface area contributed by atoms with Crippen LogP contribution in [0.1, 0.15) is 26.7 Å². The Balaban J connectivity index is 2.41. The maximum absolute atomic E-state index is 5.98. The number of hydrogen-bond acceptors (Lipinski definition) is 2. The van der Waals surface area contributed by atoms with E-state index in [1.54, 1.807) is 0 Å². The summed E-state index contributed by atoms with van der Waals surface area (Å²) < 4.78 is 0. The van der Waals surface area contributed by atoms with E-state index in [-0.39, 0.29) is 0 Å². The van der Waals surface area contributed by atoms with E-state index in [4.69, 9.17) is 5.73 Å². The third-order valence-electron chi connectivity index (χ3n) is 2.59. The number of likely N-dealkylation sites (N-methyl/N-ethyl adjacent to an activating group) is 1. The van der Waals surface area contributed by atoms with E-state index in [1.165, 1.54) is 19.4 Å². The molecule has 0 saturated carbocycles. The average Bonchev–Trinajstić information content (AvgIpc) is 2.18. The lowest BCUT2D eigenvalue weighted by molar-refractivity contribution is 0.259. The van der Waals surface area contributed by atoms with Crippen molar-refractivity contribution < 1.29 is 0 Å². The highest BCUT2D eigenvalue weighted by Crippen LogP contribution is 2.20. The zero-order valence-corrected chi connectivity index (χ0v) is 7.88. The van der Waals surface area contributed by atoms with Crippen LogP contribution in [0.4, 0.5) is 0 Å². The lowest BCUT2D eigenvalue weighted by Crippen LogP contribution is -2.38. The molecule has 0 amide bonds. The summed E-state index contributed by atoms with van der Waals surface area (Å²) in [5.41, 5.74) is 5.98. The van der Waals surface area contributed by atoms with Gasteiger partial charge in [0.25, 0.3) is 0 Å². The van der Waals surface area contributed by atoms with Crippen molar-refractivity contribution in [3.8, 4) is 0 Å². The van der Waals surface area contributed by atoms with Gasteiger partial charge in [-0.1, -0.05) is 13.8 Å². The van der Waals surface area contributed by atoms with E-state index in [9.17, 15) is 0 Å². The average molecular weight is 156 g/mol. The van der Waals surface area contributed by atoms with Gasteiger partial charge >= 0.3 is 0 Å². The van der Waals surface area contributed by atoms with Crippen molar-refractivity contribution in [2.45, 2.75) is 38.8 Å². The molecule has 0 aromatic rings. The predicted octanol–water partition coefficient (Wildman–Crippen LogP) is 1.06. The molecule has 0 radical (unpaired) electrons. The monoisotopic (exact) mass is 156 g/mol. The van der Waals surface area contributed by atoms with Crippen molar-refractivity contribution in [1.29, 1.82) is 0 Å². The maximum atomic E-state index is 5.98. The SMILES string of the molecule is CC(C)C[C@@H]1C(N)CCN1C. The van der Waals surface area contributed by atoms with Crippen LogP contribution in [-0.2, 0) is 0 Å². The smallest absolute Gasteiger partial charge is 0.0247 e. The summed E-state index contributed by atoms with van der Waals surface area (Å²) in [6, 6.07) is 1.05. The van der Waals surface area contributed by atoms with Gasteiger partial charge in [-0.3, -0.25) is 0 Å². The Morgan fingerprint density at radius 2 is 2.18 bits per heavy atom. The van der Waals surface area contributed by atoms with Gasteiger partial charge in [-0.15, -0.1) is 0 Å². The molecule has 1 unspecified atom stereocenters. The van der Waals surface area contributed by atoms with Crippen LogP contribution in [-0.4, -0.2) is 30.6 Å². The van der Waals surface area contributed by atoms with Crippen molar-refractivity contribution in [2.75, 3.05) is 13.6 Å². The Morgan fingerprint density at radius 3 is 2.55 bits per heavy atom. The summed E-state index contributed by atoms with van der Waals surface area (Å²) >= 11 is 0. The van der Waals surface area contributed by atoms with E-state index in [0.717, 1.165) is 5.92 Å². The molecule has 11 heavy (non-hydrogen) atoms. The third kappa shape index (κ3) is 2.17. The minimum atomic E-state index is 0.419. The van der Waals surface area contributed by atoms with E-state index in [2.05, 4.69) is 25.8 Å². The fraction of sp³-hybridized carbons (Fsp3) is 1.00. The van der Waals surface area contributed by atoms with Crippen molar-refractivity contribution in [3.63, 3.8) is 0 Å². The van der Waals surface area contributed by atoms with Crippen LogP contribution < -0.4 is 5.73 Å². The molecule has 1 heterocycles. The summed E-state index contributed by atoms with van der Waals surface area (Å²) in [5, 5.41) is 0. The van der Waals surface area contributed by atoms with Gasteiger partial charge in [0.1, 0.15) is 0 Å². The normalized spacial score (nSPS) is 33.5. The second-order valence-corrected chi connectivity index (χ2v) is 4.13. The van der Waals surface area contributed by atoms with Crippen molar-refractivity contribution in [1.82, 2.24) is 4.90 Å². The van der Waals surface area contributed by atoms with Crippen LogP contribution in [0.3, 0.4) is 0 Å². The number of rotatable bonds is 2. The van der Waals surface area contributed by atoms with Crippen LogP contribution in [0.25, 0.3) is 0 Å². The first-order valence-electron chi connectivity index (χ1n) is 4.57. The lowest BCUT2D eigenvalue weighted by Gasteiger charge is -2.24. The summed E-state index contributed by atoms with van der Waals surface area (Å²) in [6.45, 7) is 5.70. The molecular formula is C9H20N2. The Morgan fingerprint density at radius 1 is 1.55 bits per heavy atom. The molecule has 1 aliphatic rings. The summed E-state index contributed by atoms with van der Waals surface area (Å²) in [5.74, 6) is 0.770. The second kappa shape index (κ2) is 3.55. The van der Waals surface area contributed by atoms with Crippen molar-refractivity contribution >= 4 is 0 Å². The molecule has 0 aliphatic carbocycles. The Bertz CT molecular complexity index is 113. The van der Waals surface area contributed by atoms with Crippen LogP contribution >= 0.6 is 0 Å². The number of likely N-dealkylation sites (tertiary alicyclic amines) is 1. The van der Waals surface area contributed by atoms with Gasteiger partial charge in [-0.2, -0.15) is 0 Å². The fourth-order valence-electron chi connectivity index (χ4n) is 1.88. The number of nitrogens with two attached hydrogens (primary N) is 1. The molecular weight excluding hydrogens is 136 g/mol. The quantitative estimate of drug-likeness (QED) is 0.648. The van der Waals surface area contributed by atoms with Gasteiger partial charge in [0.2, 0.25) is 0 Å². The Hall–Kier alpha value is -0.0800. The standard InChI is InChI=1S/C9H20N2/c1-7(2)6-9-8(10)4-5-11(9)3/h7-9H,4-6,10H2,1-3H3/t8?,9-/m1/s1. The Labute approximate surface area is 69.8 Å². The molecule has 0 aromatic carbocycles. The zero-order valence-electron chi connectivity index (χ0n) is 7.88. The predicted molar refractivity (Wildman–Crippen MR) is 48.5 cm³/mol. The zero-order chi connectivity index (χ0) is 8.43. The molecule has 0 aromatic heterocycles. The second-order valence-electron chi connectivity index (χ2n) is 4.13. The summed E-state index contributed by atoms with van der Waals surface area (Å²) in [6.07, 6.45) is 2.42. The van der Waals surface area contributed by atoms with Gasteiger partial charge < -0.3 is 10.6 Å². The van der Waals surface area contributed by atoms with Gasteiger partial charge in [-0.05, 0) is 32.4 Å².